The van der Waals surface area contributed by atoms with Gasteiger partial charge in [0.25, 0.3) is 0 Å². The Hall–Kier alpha value is -2.33. The Labute approximate surface area is 193 Å². The molecule has 1 N–H and O–H groups in total. The van der Waals surface area contributed by atoms with E-state index in [4.69, 9.17) is 4.98 Å². The zero-order chi connectivity index (χ0) is 22.7. The van der Waals surface area contributed by atoms with E-state index in [1.165, 1.54) is 10.4 Å². The predicted octanol–water partition coefficient (Wildman–Crippen LogP) is 4.10. The minimum atomic E-state index is -3.57. The molecule has 2 aromatic carbocycles. The molecule has 1 unspecified atom stereocenters. The number of thiazole rings is 1. The second-order valence-electron chi connectivity index (χ2n) is 7.81. The van der Waals surface area contributed by atoms with Crippen molar-refractivity contribution in [1.29, 1.82) is 0 Å². The quantitative estimate of drug-likeness (QED) is 0.534. The Bertz CT molecular complexity index is 1170. The van der Waals surface area contributed by atoms with Crippen molar-refractivity contribution < 1.29 is 13.2 Å². The number of benzene rings is 2. The third kappa shape index (κ3) is 4.71. The maximum atomic E-state index is 12.8. The molecule has 1 saturated heterocycles. The number of carbonyl (C=O) groups excluding carboxylic acids is 1. The van der Waals surface area contributed by atoms with Crippen molar-refractivity contribution in [1.82, 2.24) is 14.2 Å². The Morgan fingerprint density at radius 1 is 1.19 bits per heavy atom. The zero-order valence-corrected chi connectivity index (χ0v) is 20.0. The number of para-hydroxylation sites is 1. The van der Waals surface area contributed by atoms with Gasteiger partial charge in [-0.1, -0.05) is 32.0 Å². The van der Waals surface area contributed by atoms with Gasteiger partial charge in [0, 0.05) is 18.8 Å². The van der Waals surface area contributed by atoms with Gasteiger partial charge in [0.2, 0.25) is 15.9 Å². The van der Waals surface area contributed by atoms with Crippen LogP contribution in [0.2, 0.25) is 0 Å². The van der Waals surface area contributed by atoms with Crippen molar-refractivity contribution >= 4 is 43.2 Å². The van der Waals surface area contributed by atoms with Crippen molar-refractivity contribution in [2.24, 2.45) is 0 Å². The fourth-order valence-electron chi connectivity index (χ4n) is 4.16. The van der Waals surface area contributed by atoms with Crippen LogP contribution in [0.25, 0.3) is 10.2 Å². The molecule has 0 spiro atoms. The van der Waals surface area contributed by atoms with Crippen LogP contribution in [-0.4, -0.2) is 54.7 Å². The van der Waals surface area contributed by atoms with Crippen LogP contribution in [-0.2, 0) is 14.8 Å². The number of anilines is 1. The van der Waals surface area contributed by atoms with E-state index in [9.17, 15) is 13.2 Å². The fraction of sp³-hybridized carbons (Fsp3) is 0.391. The maximum absolute atomic E-state index is 12.8. The summed E-state index contributed by atoms with van der Waals surface area (Å²) < 4.78 is 28.1. The van der Waals surface area contributed by atoms with Crippen LogP contribution in [0, 0.1) is 0 Å². The third-order valence-electron chi connectivity index (χ3n) is 5.77. The van der Waals surface area contributed by atoms with Gasteiger partial charge in [-0.25, -0.2) is 13.4 Å². The van der Waals surface area contributed by atoms with E-state index in [2.05, 4.69) is 16.3 Å². The number of hydrogen-bond donors (Lipinski definition) is 1. The van der Waals surface area contributed by atoms with Gasteiger partial charge in [0.15, 0.2) is 0 Å². The summed E-state index contributed by atoms with van der Waals surface area (Å²) in [5, 5.41) is 3.92. The van der Waals surface area contributed by atoms with Gasteiger partial charge >= 0.3 is 0 Å². The summed E-state index contributed by atoms with van der Waals surface area (Å²) in [6.07, 6.45) is 2.00. The molecule has 0 saturated carbocycles. The first-order valence-corrected chi connectivity index (χ1v) is 13.2. The summed E-state index contributed by atoms with van der Waals surface area (Å²) in [7, 11) is -3.57. The Morgan fingerprint density at radius 3 is 2.72 bits per heavy atom. The van der Waals surface area contributed by atoms with E-state index in [-0.39, 0.29) is 23.4 Å². The molecule has 0 bridgehead atoms. The van der Waals surface area contributed by atoms with Crippen LogP contribution < -0.4 is 5.32 Å². The summed E-state index contributed by atoms with van der Waals surface area (Å²) in [5.41, 5.74) is 1.48. The summed E-state index contributed by atoms with van der Waals surface area (Å²) in [4.78, 5) is 19.9. The highest BCUT2D eigenvalue weighted by Gasteiger charge is 2.30. The van der Waals surface area contributed by atoms with Crippen LogP contribution in [0.15, 0.2) is 53.4 Å². The molecule has 0 aliphatic carbocycles. The third-order valence-corrected chi connectivity index (χ3v) is 8.95. The second kappa shape index (κ2) is 9.66. The monoisotopic (exact) mass is 472 g/mol. The van der Waals surface area contributed by atoms with Crippen molar-refractivity contribution in [3.63, 3.8) is 0 Å². The number of hydrogen-bond acceptors (Lipinski definition) is 6. The van der Waals surface area contributed by atoms with Crippen LogP contribution in [0.1, 0.15) is 37.7 Å². The van der Waals surface area contributed by atoms with Crippen LogP contribution in [0.3, 0.4) is 0 Å². The van der Waals surface area contributed by atoms with E-state index in [0.29, 0.717) is 18.8 Å². The minimum absolute atomic E-state index is 0.132. The van der Waals surface area contributed by atoms with E-state index in [1.54, 1.807) is 29.5 Å². The molecule has 1 aromatic heterocycles. The predicted molar refractivity (Wildman–Crippen MR) is 128 cm³/mol. The number of nitrogens with zero attached hydrogens (tertiary/aromatic N) is 3. The first-order valence-electron chi connectivity index (χ1n) is 10.9. The molecule has 1 amide bonds. The molecule has 1 aliphatic heterocycles. The van der Waals surface area contributed by atoms with Crippen LogP contribution in [0.4, 0.5) is 5.69 Å². The standard InChI is InChI=1S/C23H28N4O3S2/c1-3-27(4-2)32(29,30)18-10-7-9-17(15-18)24-22(28)16-26-14-8-12-20(26)23-25-19-11-5-6-13-21(19)31-23/h5-7,9-11,13,15,20H,3-4,8,12,14,16H2,1-2H3,(H,24,28). The van der Waals surface area contributed by atoms with Crippen molar-refractivity contribution in [3.8, 4) is 0 Å². The molecule has 9 heteroatoms. The van der Waals surface area contributed by atoms with Gasteiger partial charge in [0.1, 0.15) is 5.01 Å². The zero-order valence-electron chi connectivity index (χ0n) is 18.3. The Kier molecular flexibility index (Phi) is 6.90. The lowest BCUT2D eigenvalue weighted by atomic mass is 10.2. The highest BCUT2D eigenvalue weighted by atomic mass is 32.2. The fourth-order valence-corrected chi connectivity index (χ4v) is 6.80. The molecule has 7 nitrogen and oxygen atoms in total. The molecule has 32 heavy (non-hydrogen) atoms. The lowest BCUT2D eigenvalue weighted by Crippen LogP contribution is -2.33. The lowest BCUT2D eigenvalue weighted by molar-refractivity contribution is -0.117. The minimum Gasteiger partial charge on any atom is -0.325 e. The molecule has 0 radical (unpaired) electrons. The van der Waals surface area contributed by atoms with Gasteiger partial charge < -0.3 is 5.32 Å². The van der Waals surface area contributed by atoms with E-state index in [1.807, 2.05) is 32.0 Å². The maximum Gasteiger partial charge on any atom is 0.243 e. The summed E-state index contributed by atoms with van der Waals surface area (Å²) in [6, 6.07) is 14.7. The topological polar surface area (TPSA) is 82.6 Å². The second-order valence-corrected chi connectivity index (χ2v) is 10.8. The molecule has 1 aliphatic rings. The molecule has 170 valence electrons. The number of sulfonamides is 1. The molecular weight excluding hydrogens is 444 g/mol. The number of amides is 1. The average Bonchev–Trinajstić information content (AvgIpc) is 3.41. The van der Waals surface area contributed by atoms with Crippen molar-refractivity contribution in [3.05, 3.63) is 53.5 Å². The summed E-state index contributed by atoms with van der Waals surface area (Å²) >= 11 is 1.69. The van der Waals surface area contributed by atoms with Crippen LogP contribution >= 0.6 is 11.3 Å². The SMILES string of the molecule is CCN(CC)S(=O)(=O)c1cccc(NC(=O)CN2CCCC2c2nc3ccccc3s2)c1. The Balaban J connectivity index is 1.45. The normalized spacial score (nSPS) is 17.3. The van der Waals surface area contributed by atoms with Gasteiger partial charge in [-0.2, -0.15) is 4.31 Å². The van der Waals surface area contributed by atoms with Gasteiger partial charge in [-0.15, -0.1) is 11.3 Å². The molecule has 3 aromatic rings. The van der Waals surface area contributed by atoms with Gasteiger partial charge in [0.05, 0.1) is 27.7 Å². The summed E-state index contributed by atoms with van der Waals surface area (Å²) in [5.74, 6) is -0.157. The Morgan fingerprint density at radius 2 is 1.97 bits per heavy atom. The molecule has 1 atom stereocenters. The highest BCUT2D eigenvalue weighted by Crippen LogP contribution is 2.36. The molecular formula is C23H28N4O3S2. The van der Waals surface area contributed by atoms with Crippen LogP contribution in [0.5, 0.6) is 0 Å². The van der Waals surface area contributed by atoms with E-state index < -0.39 is 10.0 Å². The number of rotatable bonds is 8. The highest BCUT2D eigenvalue weighted by molar-refractivity contribution is 7.89. The average molecular weight is 473 g/mol. The first kappa shape index (κ1) is 22.8. The van der Waals surface area contributed by atoms with Crippen molar-refractivity contribution in [2.75, 3.05) is 31.5 Å². The number of aromatic nitrogens is 1. The number of nitrogens with one attached hydrogen (secondary N) is 1. The number of likely N-dealkylation sites (tertiary alicyclic amines) is 1. The number of carbonyl (C=O) groups is 1. The molecule has 1 fully saturated rings. The molecule has 2 heterocycles. The smallest absolute Gasteiger partial charge is 0.243 e. The van der Waals surface area contributed by atoms with Gasteiger partial charge in [-0.05, 0) is 49.7 Å². The van der Waals surface area contributed by atoms with E-state index >= 15 is 0 Å². The lowest BCUT2D eigenvalue weighted by Gasteiger charge is -2.22. The largest absolute Gasteiger partial charge is 0.325 e. The number of fused-ring (bicyclic) bond motifs is 1. The van der Waals surface area contributed by atoms with E-state index in [0.717, 1.165) is 34.6 Å². The molecule has 4 rings (SSSR count). The van der Waals surface area contributed by atoms with Crippen molar-refractivity contribution in [2.45, 2.75) is 37.6 Å². The summed E-state index contributed by atoms with van der Waals surface area (Å²) in [6.45, 7) is 5.50. The van der Waals surface area contributed by atoms with Gasteiger partial charge in [-0.3, -0.25) is 9.69 Å². The first-order chi connectivity index (χ1) is 15.4.